The molecule has 2 rings (SSSR count). The number of rotatable bonds is 4. The van der Waals surface area contributed by atoms with Gasteiger partial charge in [0.15, 0.2) is 6.10 Å². The summed E-state index contributed by atoms with van der Waals surface area (Å²) in [6.07, 6.45) is -0.630. The van der Waals surface area contributed by atoms with Gasteiger partial charge >= 0.3 is 0 Å². The summed E-state index contributed by atoms with van der Waals surface area (Å²) in [7, 11) is 0. The predicted octanol–water partition coefficient (Wildman–Crippen LogP) is 5.02. The van der Waals surface area contributed by atoms with Gasteiger partial charge in [0.05, 0.1) is 10.0 Å². The van der Waals surface area contributed by atoms with E-state index in [-0.39, 0.29) is 5.91 Å². The molecule has 0 unspecified atom stereocenters. The predicted molar refractivity (Wildman–Crippen MR) is 91.1 cm³/mol. The number of aryl methyl sites for hydroxylation is 1. The molecule has 0 fully saturated rings. The lowest BCUT2D eigenvalue weighted by Crippen LogP contribution is -2.30. The normalized spacial score (nSPS) is 11.9. The smallest absolute Gasteiger partial charge is 0.265 e. The fraction of sp³-hybridized carbons (Fsp3) is 0.235. The van der Waals surface area contributed by atoms with Crippen molar-refractivity contribution in [2.45, 2.75) is 26.9 Å². The number of hydrogen-bond acceptors (Lipinski definition) is 2. The van der Waals surface area contributed by atoms with E-state index in [1.54, 1.807) is 25.1 Å². The Balaban J connectivity index is 2.06. The van der Waals surface area contributed by atoms with Crippen molar-refractivity contribution >= 4 is 34.8 Å². The van der Waals surface area contributed by atoms with Gasteiger partial charge < -0.3 is 10.1 Å². The quantitative estimate of drug-likeness (QED) is 0.850. The van der Waals surface area contributed by atoms with Crippen molar-refractivity contribution in [3.63, 3.8) is 0 Å². The fourth-order valence-electron chi connectivity index (χ4n) is 1.91. The monoisotopic (exact) mass is 337 g/mol. The molecule has 0 bridgehead atoms. The van der Waals surface area contributed by atoms with Crippen molar-refractivity contribution in [2.24, 2.45) is 0 Å². The number of amides is 1. The molecule has 0 saturated heterocycles. The zero-order valence-corrected chi connectivity index (χ0v) is 14.1. The first kappa shape index (κ1) is 16.7. The SMILES string of the molecule is Cc1cccc(O[C@@H](C)C(=O)Nc2ccc(Cl)c(Cl)c2)c1C. The average Bonchev–Trinajstić information content (AvgIpc) is 2.47. The zero-order valence-electron chi connectivity index (χ0n) is 12.6. The second-order valence-corrected chi connectivity index (χ2v) is 5.89. The van der Waals surface area contributed by atoms with Crippen LogP contribution in [-0.4, -0.2) is 12.0 Å². The van der Waals surface area contributed by atoms with Gasteiger partial charge in [0.2, 0.25) is 0 Å². The van der Waals surface area contributed by atoms with Gasteiger partial charge in [-0.1, -0.05) is 35.3 Å². The van der Waals surface area contributed by atoms with E-state index in [0.717, 1.165) is 11.1 Å². The summed E-state index contributed by atoms with van der Waals surface area (Å²) >= 11 is 11.8. The summed E-state index contributed by atoms with van der Waals surface area (Å²) in [5.74, 6) is 0.455. The van der Waals surface area contributed by atoms with Crippen molar-refractivity contribution in [3.8, 4) is 5.75 Å². The number of nitrogens with one attached hydrogen (secondary N) is 1. The summed E-state index contributed by atoms with van der Waals surface area (Å²) in [5.41, 5.74) is 2.72. The topological polar surface area (TPSA) is 38.3 Å². The Morgan fingerprint density at radius 3 is 2.55 bits per heavy atom. The van der Waals surface area contributed by atoms with E-state index in [1.807, 2.05) is 32.0 Å². The molecule has 0 aliphatic carbocycles. The minimum atomic E-state index is -0.630. The number of halogens is 2. The lowest BCUT2D eigenvalue weighted by molar-refractivity contribution is -0.122. The van der Waals surface area contributed by atoms with Crippen molar-refractivity contribution in [3.05, 3.63) is 57.6 Å². The second kappa shape index (κ2) is 7.03. The molecule has 1 atom stereocenters. The maximum atomic E-state index is 12.2. The largest absolute Gasteiger partial charge is 0.481 e. The molecule has 22 heavy (non-hydrogen) atoms. The maximum absolute atomic E-state index is 12.2. The van der Waals surface area contributed by atoms with Crippen LogP contribution in [0, 0.1) is 13.8 Å². The molecule has 0 aliphatic rings. The van der Waals surface area contributed by atoms with E-state index >= 15 is 0 Å². The molecule has 1 amide bonds. The van der Waals surface area contributed by atoms with E-state index in [4.69, 9.17) is 27.9 Å². The lowest BCUT2D eigenvalue weighted by Gasteiger charge is -2.17. The lowest BCUT2D eigenvalue weighted by atomic mass is 10.1. The van der Waals surface area contributed by atoms with Crippen LogP contribution in [-0.2, 0) is 4.79 Å². The van der Waals surface area contributed by atoms with E-state index in [1.165, 1.54) is 0 Å². The number of anilines is 1. The van der Waals surface area contributed by atoms with Crippen LogP contribution in [0.15, 0.2) is 36.4 Å². The Morgan fingerprint density at radius 2 is 1.86 bits per heavy atom. The van der Waals surface area contributed by atoms with E-state index < -0.39 is 6.10 Å². The number of carbonyl (C=O) groups excluding carboxylic acids is 1. The second-order valence-electron chi connectivity index (χ2n) is 5.08. The average molecular weight is 338 g/mol. The standard InChI is InChI=1S/C17H17Cl2NO2/c1-10-5-4-6-16(11(10)2)22-12(3)17(21)20-13-7-8-14(18)15(19)9-13/h4-9,12H,1-3H3,(H,20,21)/t12-/m0/s1. The van der Waals surface area contributed by atoms with E-state index in [0.29, 0.717) is 21.5 Å². The maximum Gasteiger partial charge on any atom is 0.265 e. The molecule has 116 valence electrons. The number of ether oxygens (including phenoxy) is 1. The summed E-state index contributed by atoms with van der Waals surface area (Å²) in [6.45, 7) is 5.67. The van der Waals surface area contributed by atoms with Gasteiger partial charge in [-0.3, -0.25) is 4.79 Å². The van der Waals surface area contributed by atoms with Crippen LogP contribution in [0.25, 0.3) is 0 Å². The van der Waals surface area contributed by atoms with Crippen LogP contribution in [0.2, 0.25) is 10.0 Å². The third-order valence-corrected chi connectivity index (χ3v) is 4.15. The number of benzene rings is 2. The molecule has 0 saturated carbocycles. The van der Waals surface area contributed by atoms with Crippen LogP contribution < -0.4 is 10.1 Å². The van der Waals surface area contributed by atoms with Gasteiger partial charge in [-0.2, -0.15) is 0 Å². The molecule has 5 heteroatoms. The van der Waals surface area contributed by atoms with Gasteiger partial charge in [-0.05, 0) is 56.2 Å². The van der Waals surface area contributed by atoms with Crippen molar-refractivity contribution in [1.82, 2.24) is 0 Å². The molecular formula is C17H17Cl2NO2. The highest BCUT2D eigenvalue weighted by atomic mass is 35.5. The van der Waals surface area contributed by atoms with Crippen LogP contribution in [0.4, 0.5) is 5.69 Å². The first-order chi connectivity index (χ1) is 10.4. The molecule has 2 aromatic carbocycles. The molecular weight excluding hydrogens is 321 g/mol. The van der Waals surface area contributed by atoms with Crippen molar-refractivity contribution in [1.29, 1.82) is 0 Å². The van der Waals surface area contributed by atoms with Gasteiger partial charge in [-0.25, -0.2) is 0 Å². The molecule has 0 aromatic heterocycles. The van der Waals surface area contributed by atoms with Gasteiger partial charge in [0.1, 0.15) is 5.75 Å². The van der Waals surface area contributed by atoms with Gasteiger partial charge in [0.25, 0.3) is 5.91 Å². The first-order valence-corrected chi connectivity index (χ1v) is 7.63. The summed E-state index contributed by atoms with van der Waals surface area (Å²) in [5, 5.41) is 3.59. The minimum Gasteiger partial charge on any atom is -0.481 e. The van der Waals surface area contributed by atoms with Crippen LogP contribution in [0.1, 0.15) is 18.1 Å². The zero-order chi connectivity index (χ0) is 16.3. The van der Waals surface area contributed by atoms with Crippen molar-refractivity contribution in [2.75, 3.05) is 5.32 Å². The molecule has 3 nitrogen and oxygen atoms in total. The third-order valence-electron chi connectivity index (χ3n) is 3.42. The molecule has 0 heterocycles. The van der Waals surface area contributed by atoms with Crippen LogP contribution in [0.3, 0.4) is 0 Å². The summed E-state index contributed by atoms with van der Waals surface area (Å²) in [4.78, 5) is 12.2. The molecule has 2 aromatic rings. The Kier molecular flexibility index (Phi) is 5.33. The molecule has 0 spiro atoms. The van der Waals surface area contributed by atoms with Crippen LogP contribution >= 0.6 is 23.2 Å². The fourth-order valence-corrected chi connectivity index (χ4v) is 2.21. The third kappa shape index (κ3) is 3.93. The highest BCUT2D eigenvalue weighted by molar-refractivity contribution is 6.42. The van der Waals surface area contributed by atoms with Gasteiger partial charge in [-0.15, -0.1) is 0 Å². The van der Waals surface area contributed by atoms with E-state index in [2.05, 4.69) is 5.32 Å². The molecule has 1 N–H and O–H groups in total. The highest BCUT2D eigenvalue weighted by Gasteiger charge is 2.16. The Hall–Kier alpha value is -1.71. The Morgan fingerprint density at radius 1 is 1.14 bits per heavy atom. The molecule has 0 radical (unpaired) electrons. The van der Waals surface area contributed by atoms with Gasteiger partial charge in [0, 0.05) is 5.69 Å². The molecule has 0 aliphatic heterocycles. The summed E-state index contributed by atoms with van der Waals surface area (Å²) < 4.78 is 5.74. The van der Waals surface area contributed by atoms with Crippen molar-refractivity contribution < 1.29 is 9.53 Å². The summed E-state index contributed by atoms with van der Waals surface area (Å²) in [6, 6.07) is 10.7. The van der Waals surface area contributed by atoms with E-state index in [9.17, 15) is 4.79 Å². The first-order valence-electron chi connectivity index (χ1n) is 6.87. The highest BCUT2D eigenvalue weighted by Crippen LogP contribution is 2.25. The van der Waals surface area contributed by atoms with Crippen LogP contribution in [0.5, 0.6) is 5.75 Å². The number of hydrogen-bond donors (Lipinski definition) is 1. The Bertz CT molecular complexity index is 701. The minimum absolute atomic E-state index is 0.251. The Labute approximate surface area is 140 Å². The number of carbonyl (C=O) groups is 1.